The van der Waals surface area contributed by atoms with Crippen molar-refractivity contribution in [1.82, 2.24) is 9.80 Å². The molecule has 5 nitrogen and oxygen atoms in total. The van der Waals surface area contributed by atoms with Gasteiger partial charge in [-0.15, -0.1) is 0 Å². The maximum atomic E-state index is 14.5. The van der Waals surface area contributed by atoms with Gasteiger partial charge in [-0.2, -0.15) is 0 Å². The normalized spacial score (nSPS) is 22.4. The summed E-state index contributed by atoms with van der Waals surface area (Å²) in [6.45, 7) is 4.47. The van der Waals surface area contributed by atoms with Crippen LogP contribution < -0.4 is 5.32 Å². The molecule has 2 aromatic carbocycles. The van der Waals surface area contributed by atoms with Crippen molar-refractivity contribution in [1.29, 1.82) is 0 Å². The number of halogens is 2. The third-order valence-electron chi connectivity index (χ3n) is 6.76. The summed E-state index contributed by atoms with van der Waals surface area (Å²) in [5, 5.41) is 2.64. The van der Waals surface area contributed by atoms with Crippen LogP contribution in [0.5, 0.6) is 0 Å². The summed E-state index contributed by atoms with van der Waals surface area (Å²) in [6.07, 6.45) is 1.35. The molecule has 31 heavy (non-hydrogen) atoms. The molecular weight excluding hydrogens is 400 g/mol. The highest BCUT2D eigenvalue weighted by molar-refractivity contribution is 5.96. The first-order chi connectivity index (χ1) is 14.8. The second-order valence-corrected chi connectivity index (χ2v) is 9.16. The maximum absolute atomic E-state index is 14.5. The van der Waals surface area contributed by atoms with E-state index in [0.717, 1.165) is 12.5 Å². The number of likely N-dealkylation sites (tertiary alicyclic amines) is 1. The van der Waals surface area contributed by atoms with Crippen molar-refractivity contribution < 1.29 is 18.4 Å². The first kappa shape index (κ1) is 20.0. The number of anilines is 1. The van der Waals surface area contributed by atoms with Crippen LogP contribution >= 0.6 is 0 Å². The molecular formula is C24H25F2N3O2. The number of rotatable bonds is 4. The summed E-state index contributed by atoms with van der Waals surface area (Å²) in [5.74, 6) is -1.60. The van der Waals surface area contributed by atoms with Crippen LogP contribution in [-0.4, -0.2) is 34.3 Å². The van der Waals surface area contributed by atoms with Gasteiger partial charge in [-0.3, -0.25) is 4.79 Å². The molecule has 162 valence electrons. The number of nitrogens with one attached hydrogen (secondary N) is 1. The van der Waals surface area contributed by atoms with E-state index in [1.165, 1.54) is 22.1 Å². The van der Waals surface area contributed by atoms with E-state index in [-0.39, 0.29) is 35.7 Å². The molecule has 0 spiro atoms. The smallest absolute Gasteiger partial charge is 0.322 e. The number of benzene rings is 2. The predicted molar refractivity (Wildman–Crippen MR) is 112 cm³/mol. The summed E-state index contributed by atoms with van der Waals surface area (Å²) in [6, 6.07) is 9.38. The Morgan fingerprint density at radius 3 is 2.65 bits per heavy atom. The third kappa shape index (κ3) is 3.18. The van der Waals surface area contributed by atoms with Gasteiger partial charge >= 0.3 is 6.03 Å². The summed E-state index contributed by atoms with van der Waals surface area (Å²) < 4.78 is 28.3. The number of hydrogen-bond donors (Lipinski definition) is 1. The number of hydrogen-bond acceptors (Lipinski definition) is 2. The summed E-state index contributed by atoms with van der Waals surface area (Å²) in [7, 11) is 0. The molecule has 1 N–H and O–H groups in total. The van der Waals surface area contributed by atoms with E-state index in [2.05, 4.69) is 17.4 Å². The van der Waals surface area contributed by atoms with Crippen LogP contribution in [0.4, 0.5) is 19.3 Å². The van der Waals surface area contributed by atoms with Gasteiger partial charge < -0.3 is 15.1 Å². The molecule has 0 unspecified atom stereocenters. The zero-order valence-electron chi connectivity index (χ0n) is 17.6. The Labute approximate surface area is 180 Å². The Bertz CT molecular complexity index is 1070. The molecule has 0 aromatic heterocycles. The molecule has 7 heteroatoms. The fourth-order valence-corrected chi connectivity index (χ4v) is 5.33. The van der Waals surface area contributed by atoms with Crippen molar-refractivity contribution in [2.24, 2.45) is 5.92 Å². The van der Waals surface area contributed by atoms with Gasteiger partial charge in [0.15, 0.2) is 11.6 Å². The molecule has 1 fully saturated rings. The van der Waals surface area contributed by atoms with Crippen LogP contribution in [-0.2, 0) is 11.3 Å². The molecule has 2 aromatic rings. The van der Waals surface area contributed by atoms with Crippen molar-refractivity contribution >= 4 is 17.6 Å². The van der Waals surface area contributed by atoms with Crippen molar-refractivity contribution in [3.05, 3.63) is 64.7 Å². The fraction of sp³-hybridized carbons (Fsp3) is 0.417. The van der Waals surface area contributed by atoms with E-state index in [1.54, 1.807) is 0 Å². The summed E-state index contributed by atoms with van der Waals surface area (Å²) in [5.41, 5.74) is 2.82. The van der Waals surface area contributed by atoms with Crippen LogP contribution in [0.25, 0.3) is 0 Å². The quantitative estimate of drug-likeness (QED) is 0.765. The molecule has 2 aliphatic heterocycles. The van der Waals surface area contributed by atoms with E-state index in [0.29, 0.717) is 18.9 Å². The van der Waals surface area contributed by atoms with Gasteiger partial charge in [-0.25, -0.2) is 13.6 Å². The first-order valence-corrected chi connectivity index (χ1v) is 10.8. The van der Waals surface area contributed by atoms with Gasteiger partial charge in [0, 0.05) is 18.0 Å². The zero-order chi connectivity index (χ0) is 21.9. The Hall–Kier alpha value is -2.96. The number of amides is 3. The van der Waals surface area contributed by atoms with Crippen LogP contribution in [0.3, 0.4) is 0 Å². The molecule has 2 bridgehead atoms. The highest BCUT2D eigenvalue weighted by Crippen LogP contribution is 2.50. The fourth-order valence-electron chi connectivity index (χ4n) is 5.33. The van der Waals surface area contributed by atoms with Crippen molar-refractivity contribution in [2.45, 2.75) is 51.2 Å². The Morgan fingerprint density at radius 2 is 1.90 bits per heavy atom. The Kier molecular flexibility index (Phi) is 4.72. The minimum atomic E-state index is -0.979. The lowest BCUT2D eigenvalue weighted by Crippen LogP contribution is -2.54. The molecule has 0 radical (unpaired) electrons. The molecule has 1 saturated heterocycles. The van der Waals surface area contributed by atoms with Gasteiger partial charge in [0.1, 0.15) is 6.04 Å². The topological polar surface area (TPSA) is 52.7 Å². The lowest BCUT2D eigenvalue weighted by molar-refractivity contribution is -0.138. The number of fused-ring (bicyclic) bond motifs is 6. The van der Waals surface area contributed by atoms with Crippen molar-refractivity contribution in [3.63, 3.8) is 0 Å². The first-order valence-electron chi connectivity index (χ1n) is 10.8. The molecule has 5 rings (SSSR count). The molecule has 3 atom stereocenters. The number of carbonyl (C=O) groups is 2. The van der Waals surface area contributed by atoms with E-state index in [9.17, 15) is 18.4 Å². The van der Waals surface area contributed by atoms with E-state index >= 15 is 0 Å². The van der Waals surface area contributed by atoms with Gasteiger partial charge in [0.05, 0.1) is 18.3 Å². The standard InChI is InChI=1S/C24H25F2N3O2/c1-13(2)9-21(29-12-17-19(27-24(29)31)8-7-18(25)22(17)26)23(30)28-11-14-10-20(28)16-6-4-3-5-15(14)16/h3-8,13-14,20-21H,9-12H2,1-2H3,(H,27,31)/t14-,20-,21+/m0/s1. The molecule has 1 aliphatic carbocycles. The van der Waals surface area contributed by atoms with Crippen molar-refractivity contribution in [2.75, 3.05) is 11.9 Å². The van der Waals surface area contributed by atoms with E-state index in [1.807, 2.05) is 30.9 Å². The predicted octanol–water partition coefficient (Wildman–Crippen LogP) is 4.80. The third-order valence-corrected chi connectivity index (χ3v) is 6.76. The van der Waals surface area contributed by atoms with Gasteiger partial charge in [-0.1, -0.05) is 38.1 Å². The Morgan fingerprint density at radius 1 is 1.16 bits per heavy atom. The van der Waals surface area contributed by atoms with Crippen LogP contribution in [0, 0.1) is 17.6 Å². The van der Waals surface area contributed by atoms with Gasteiger partial charge in [0.2, 0.25) is 5.91 Å². The number of urea groups is 1. The SMILES string of the molecule is CC(C)C[C@H](C(=O)N1C[C@@H]2C[C@H]1c1ccccc12)N1Cc2c(ccc(F)c2F)NC1=O. The minimum absolute atomic E-state index is 0.0117. The number of nitrogens with zero attached hydrogens (tertiary/aromatic N) is 2. The average molecular weight is 425 g/mol. The molecule has 0 saturated carbocycles. The largest absolute Gasteiger partial charge is 0.333 e. The monoisotopic (exact) mass is 425 g/mol. The second-order valence-electron chi connectivity index (χ2n) is 9.16. The zero-order valence-corrected chi connectivity index (χ0v) is 17.6. The van der Waals surface area contributed by atoms with E-state index in [4.69, 9.17) is 0 Å². The highest BCUT2D eigenvalue weighted by atomic mass is 19.2. The minimum Gasteiger partial charge on any atom is -0.333 e. The van der Waals surface area contributed by atoms with Crippen molar-refractivity contribution in [3.8, 4) is 0 Å². The summed E-state index contributed by atoms with van der Waals surface area (Å²) in [4.78, 5) is 29.9. The highest BCUT2D eigenvalue weighted by Gasteiger charge is 2.47. The van der Waals surface area contributed by atoms with Crippen LogP contribution in [0.15, 0.2) is 36.4 Å². The average Bonchev–Trinajstić information content (AvgIpc) is 3.34. The maximum Gasteiger partial charge on any atom is 0.322 e. The molecule has 2 heterocycles. The number of carbonyl (C=O) groups excluding carboxylic acids is 2. The van der Waals surface area contributed by atoms with Gasteiger partial charge in [-0.05, 0) is 42.0 Å². The Balaban J connectivity index is 1.46. The molecule has 3 aliphatic rings. The van der Waals surface area contributed by atoms with E-state index < -0.39 is 23.7 Å². The van der Waals surface area contributed by atoms with Crippen LogP contribution in [0.1, 0.15) is 55.3 Å². The lowest BCUT2D eigenvalue weighted by atomic mass is 9.96. The second kappa shape index (κ2) is 7.32. The van der Waals surface area contributed by atoms with Gasteiger partial charge in [0.25, 0.3) is 0 Å². The molecule has 3 amide bonds. The summed E-state index contributed by atoms with van der Waals surface area (Å²) >= 11 is 0. The van der Waals surface area contributed by atoms with Crippen LogP contribution in [0.2, 0.25) is 0 Å². The lowest BCUT2D eigenvalue weighted by Gasteiger charge is -2.39.